The Balaban J connectivity index is 2.19. The second-order valence-electron chi connectivity index (χ2n) is 5.51. The molecule has 1 aromatic heterocycles. The van der Waals surface area contributed by atoms with Gasteiger partial charge in [0.2, 0.25) is 5.91 Å². The van der Waals surface area contributed by atoms with Crippen molar-refractivity contribution >= 4 is 11.7 Å². The van der Waals surface area contributed by atoms with Crippen LogP contribution in [0, 0.1) is 12.3 Å². The molecule has 0 aromatic carbocycles. The zero-order valence-corrected chi connectivity index (χ0v) is 12.5. The van der Waals surface area contributed by atoms with Gasteiger partial charge in [-0.1, -0.05) is 17.6 Å². The molecular weight excluding hydrogens is 268 g/mol. The number of hydrogen-bond acceptors (Lipinski definition) is 4. The lowest BCUT2D eigenvalue weighted by Crippen LogP contribution is -2.55. The first-order valence-electron chi connectivity index (χ1n) is 7.23. The number of hydrogen-bond donors (Lipinski definition) is 2. The predicted molar refractivity (Wildman–Crippen MR) is 79.8 cm³/mol. The largest absolute Gasteiger partial charge is 0.409 e. The number of nitrogens with two attached hydrogens (primary N) is 1. The zero-order valence-electron chi connectivity index (χ0n) is 12.5. The maximum Gasteiger partial charge on any atom is 0.236 e. The topological polar surface area (TPSA) is 91.8 Å². The molecule has 0 spiro atoms. The summed E-state index contributed by atoms with van der Waals surface area (Å²) in [4.78, 5) is 18.9. The Hall–Kier alpha value is -2.11. The minimum atomic E-state index is -0.825. The molecule has 0 saturated heterocycles. The monoisotopic (exact) mass is 290 g/mol. The first kappa shape index (κ1) is 15.3. The van der Waals surface area contributed by atoms with Crippen LogP contribution in [0.1, 0.15) is 37.6 Å². The van der Waals surface area contributed by atoms with E-state index in [1.165, 1.54) is 0 Å². The van der Waals surface area contributed by atoms with E-state index in [9.17, 15) is 4.79 Å². The number of pyridine rings is 1. The van der Waals surface area contributed by atoms with E-state index in [0.29, 0.717) is 25.9 Å². The van der Waals surface area contributed by atoms with Crippen LogP contribution in [0.15, 0.2) is 23.4 Å². The lowest BCUT2D eigenvalue weighted by atomic mass is 9.67. The molecule has 1 amide bonds. The van der Waals surface area contributed by atoms with Gasteiger partial charge in [-0.05, 0) is 38.8 Å². The summed E-state index contributed by atoms with van der Waals surface area (Å²) < 4.78 is 0. The highest BCUT2D eigenvalue weighted by Gasteiger charge is 2.50. The van der Waals surface area contributed by atoms with Gasteiger partial charge < -0.3 is 15.8 Å². The van der Waals surface area contributed by atoms with Gasteiger partial charge in [0.1, 0.15) is 5.41 Å². The van der Waals surface area contributed by atoms with Gasteiger partial charge in [-0.15, -0.1) is 0 Å². The molecule has 3 N–H and O–H groups in total. The second-order valence-corrected chi connectivity index (χ2v) is 5.51. The molecule has 114 valence electrons. The lowest BCUT2D eigenvalue weighted by molar-refractivity contribution is -0.142. The third-order valence-electron chi connectivity index (χ3n) is 4.18. The van der Waals surface area contributed by atoms with E-state index in [0.717, 1.165) is 17.8 Å². The summed E-state index contributed by atoms with van der Waals surface area (Å²) in [5.41, 5.74) is 6.70. The van der Waals surface area contributed by atoms with Crippen molar-refractivity contribution in [1.29, 1.82) is 0 Å². The van der Waals surface area contributed by atoms with Gasteiger partial charge in [0, 0.05) is 12.2 Å². The smallest absolute Gasteiger partial charge is 0.236 e. The molecule has 0 atom stereocenters. The van der Waals surface area contributed by atoms with Crippen molar-refractivity contribution in [2.24, 2.45) is 16.3 Å². The van der Waals surface area contributed by atoms with Crippen LogP contribution < -0.4 is 5.73 Å². The Morgan fingerprint density at radius 2 is 2.24 bits per heavy atom. The molecule has 1 aromatic rings. The second kappa shape index (κ2) is 6.11. The van der Waals surface area contributed by atoms with Gasteiger partial charge in [-0.25, -0.2) is 0 Å². The summed E-state index contributed by atoms with van der Waals surface area (Å²) >= 11 is 0. The Morgan fingerprint density at radius 3 is 2.71 bits per heavy atom. The molecule has 2 rings (SSSR count). The first-order valence-corrected chi connectivity index (χ1v) is 7.23. The molecule has 21 heavy (non-hydrogen) atoms. The van der Waals surface area contributed by atoms with Gasteiger partial charge in [0.05, 0.1) is 12.2 Å². The molecule has 0 aliphatic heterocycles. The lowest BCUT2D eigenvalue weighted by Gasteiger charge is -2.42. The van der Waals surface area contributed by atoms with Crippen molar-refractivity contribution in [2.75, 3.05) is 6.54 Å². The number of amidine groups is 1. The fourth-order valence-electron chi connectivity index (χ4n) is 2.72. The summed E-state index contributed by atoms with van der Waals surface area (Å²) in [6.45, 7) is 4.85. The van der Waals surface area contributed by atoms with Gasteiger partial charge in [-0.2, -0.15) is 0 Å². The maximum atomic E-state index is 12.8. The first-order chi connectivity index (χ1) is 10.0. The van der Waals surface area contributed by atoms with Gasteiger partial charge >= 0.3 is 0 Å². The standard InChI is InChI=1S/C15H22N4O2/c1-3-19(10-12-7-4-6-11(2)17-12)14(20)15(8-5-9-15)13(16)18-21/h4,6-7,21H,3,5,8-10H2,1-2H3,(H2,16,18). The number of carbonyl (C=O) groups is 1. The van der Waals surface area contributed by atoms with Gasteiger partial charge in [0.15, 0.2) is 5.84 Å². The average Bonchev–Trinajstić information content (AvgIpc) is 2.43. The highest BCUT2D eigenvalue weighted by Crippen LogP contribution is 2.43. The summed E-state index contributed by atoms with van der Waals surface area (Å²) in [5, 5.41) is 12.0. The quantitative estimate of drug-likeness (QED) is 0.373. The van der Waals surface area contributed by atoms with E-state index >= 15 is 0 Å². The van der Waals surface area contributed by atoms with Crippen molar-refractivity contribution < 1.29 is 10.0 Å². The van der Waals surface area contributed by atoms with Crippen LogP contribution in [0.3, 0.4) is 0 Å². The molecule has 1 aliphatic carbocycles. The zero-order chi connectivity index (χ0) is 15.5. The van der Waals surface area contributed by atoms with Gasteiger partial charge in [-0.3, -0.25) is 9.78 Å². The summed E-state index contributed by atoms with van der Waals surface area (Å²) in [5.74, 6) is -0.0516. The molecule has 0 bridgehead atoms. The molecule has 1 saturated carbocycles. The molecular formula is C15H22N4O2. The highest BCUT2D eigenvalue weighted by atomic mass is 16.4. The molecule has 0 unspecified atom stereocenters. The number of oxime groups is 1. The molecule has 1 heterocycles. The average molecular weight is 290 g/mol. The number of amides is 1. The van der Waals surface area contributed by atoms with E-state index < -0.39 is 5.41 Å². The number of nitrogens with zero attached hydrogens (tertiary/aromatic N) is 3. The fraction of sp³-hybridized carbons (Fsp3) is 0.533. The molecule has 0 radical (unpaired) electrons. The SMILES string of the molecule is CCN(Cc1cccc(C)n1)C(=O)C1(/C(N)=N/O)CCC1. The van der Waals surface area contributed by atoms with E-state index in [2.05, 4.69) is 10.1 Å². The third kappa shape index (κ3) is 2.84. The number of aromatic nitrogens is 1. The Kier molecular flexibility index (Phi) is 4.45. The minimum absolute atomic E-state index is 0.0226. The van der Waals surface area contributed by atoms with Crippen molar-refractivity contribution in [1.82, 2.24) is 9.88 Å². The van der Waals surface area contributed by atoms with E-state index in [1.807, 2.05) is 32.0 Å². The van der Waals surface area contributed by atoms with Crippen LogP contribution in [0.2, 0.25) is 0 Å². The highest BCUT2D eigenvalue weighted by molar-refractivity contribution is 6.07. The molecule has 1 aliphatic rings. The van der Waals surface area contributed by atoms with Crippen molar-refractivity contribution in [3.05, 3.63) is 29.6 Å². The van der Waals surface area contributed by atoms with Crippen LogP contribution in [-0.2, 0) is 11.3 Å². The van der Waals surface area contributed by atoms with Crippen LogP contribution in [0.4, 0.5) is 0 Å². The summed E-state index contributed by atoms with van der Waals surface area (Å²) in [6.07, 6.45) is 2.20. The molecule has 1 fully saturated rings. The predicted octanol–water partition coefficient (Wildman–Crippen LogP) is 1.66. The molecule has 6 nitrogen and oxygen atoms in total. The maximum absolute atomic E-state index is 12.8. The van der Waals surface area contributed by atoms with Crippen molar-refractivity contribution in [3.63, 3.8) is 0 Å². The summed E-state index contributed by atoms with van der Waals surface area (Å²) in [7, 11) is 0. The Labute approximate surface area is 124 Å². The van der Waals surface area contributed by atoms with Crippen molar-refractivity contribution in [2.45, 2.75) is 39.7 Å². The minimum Gasteiger partial charge on any atom is -0.409 e. The van der Waals surface area contributed by atoms with E-state index in [1.54, 1.807) is 4.90 Å². The fourth-order valence-corrected chi connectivity index (χ4v) is 2.72. The van der Waals surface area contributed by atoms with E-state index in [-0.39, 0.29) is 11.7 Å². The van der Waals surface area contributed by atoms with Crippen LogP contribution in [0.5, 0.6) is 0 Å². The summed E-state index contributed by atoms with van der Waals surface area (Å²) in [6, 6.07) is 5.75. The number of rotatable bonds is 5. The number of carbonyl (C=O) groups excluding carboxylic acids is 1. The number of aryl methyl sites for hydroxylation is 1. The Bertz CT molecular complexity index is 552. The van der Waals surface area contributed by atoms with Crippen molar-refractivity contribution in [3.8, 4) is 0 Å². The molecule has 6 heteroatoms. The van der Waals surface area contributed by atoms with Crippen LogP contribution in [-0.4, -0.2) is 33.4 Å². The van der Waals surface area contributed by atoms with Crippen LogP contribution in [0.25, 0.3) is 0 Å². The van der Waals surface area contributed by atoms with E-state index in [4.69, 9.17) is 10.9 Å². The van der Waals surface area contributed by atoms with Crippen LogP contribution >= 0.6 is 0 Å². The van der Waals surface area contributed by atoms with Gasteiger partial charge in [0.25, 0.3) is 0 Å². The third-order valence-corrected chi connectivity index (χ3v) is 4.18. The normalized spacial score (nSPS) is 17.1. The Morgan fingerprint density at radius 1 is 1.52 bits per heavy atom.